The van der Waals surface area contributed by atoms with Gasteiger partial charge in [0.2, 0.25) is 0 Å². The van der Waals surface area contributed by atoms with Gasteiger partial charge in [-0.25, -0.2) is 4.98 Å². The maximum atomic E-state index is 4.49. The standard InChI is InChI=1S/C15H22N4S/c1-12(2)19-14(5-6-17-19)11-18-8-3-4-13(10-18)15-16-7-9-20-15/h5-7,9,12-13H,3-4,8,10-11H2,1-2H3/t13-/m1/s1. The number of rotatable bonds is 4. The Balaban J connectivity index is 1.67. The molecule has 1 aliphatic rings. The van der Waals surface area contributed by atoms with Crippen molar-refractivity contribution in [2.45, 2.75) is 45.2 Å². The number of nitrogens with zero attached hydrogens (tertiary/aromatic N) is 4. The van der Waals surface area contributed by atoms with E-state index >= 15 is 0 Å². The lowest BCUT2D eigenvalue weighted by Gasteiger charge is -2.32. The van der Waals surface area contributed by atoms with Crippen LogP contribution in [0.15, 0.2) is 23.8 Å². The van der Waals surface area contributed by atoms with Crippen molar-refractivity contribution >= 4 is 11.3 Å². The van der Waals surface area contributed by atoms with Gasteiger partial charge < -0.3 is 0 Å². The van der Waals surface area contributed by atoms with Crippen molar-refractivity contribution in [2.75, 3.05) is 13.1 Å². The summed E-state index contributed by atoms with van der Waals surface area (Å²) in [5, 5.41) is 7.81. The average molecular weight is 290 g/mol. The van der Waals surface area contributed by atoms with Crippen molar-refractivity contribution in [1.82, 2.24) is 19.7 Å². The summed E-state index contributed by atoms with van der Waals surface area (Å²) < 4.78 is 2.13. The van der Waals surface area contributed by atoms with Gasteiger partial charge in [-0.05, 0) is 39.3 Å². The molecule has 0 radical (unpaired) electrons. The van der Waals surface area contributed by atoms with Gasteiger partial charge in [0.25, 0.3) is 0 Å². The van der Waals surface area contributed by atoms with Gasteiger partial charge in [-0.2, -0.15) is 5.10 Å². The smallest absolute Gasteiger partial charge is 0.0968 e. The van der Waals surface area contributed by atoms with Crippen LogP contribution < -0.4 is 0 Å². The molecule has 108 valence electrons. The van der Waals surface area contributed by atoms with Crippen LogP contribution in [0.25, 0.3) is 0 Å². The highest BCUT2D eigenvalue weighted by molar-refractivity contribution is 7.09. The summed E-state index contributed by atoms with van der Waals surface area (Å²) in [7, 11) is 0. The van der Waals surface area contributed by atoms with Crippen LogP contribution in [0.4, 0.5) is 0 Å². The molecule has 4 nitrogen and oxygen atoms in total. The highest BCUT2D eigenvalue weighted by atomic mass is 32.1. The number of thiazole rings is 1. The first-order valence-electron chi connectivity index (χ1n) is 7.38. The summed E-state index contributed by atoms with van der Waals surface area (Å²) in [6.07, 6.45) is 6.37. The Morgan fingerprint density at radius 1 is 1.40 bits per heavy atom. The van der Waals surface area contributed by atoms with Gasteiger partial charge in [0.1, 0.15) is 0 Å². The first-order valence-corrected chi connectivity index (χ1v) is 8.26. The Morgan fingerprint density at radius 2 is 2.30 bits per heavy atom. The molecule has 3 rings (SSSR count). The van der Waals surface area contributed by atoms with Crippen molar-refractivity contribution < 1.29 is 0 Å². The van der Waals surface area contributed by atoms with E-state index in [9.17, 15) is 0 Å². The maximum absolute atomic E-state index is 4.49. The van der Waals surface area contributed by atoms with Crippen molar-refractivity contribution in [3.05, 3.63) is 34.5 Å². The molecule has 0 N–H and O–H groups in total. The van der Waals surface area contributed by atoms with Crippen LogP contribution >= 0.6 is 11.3 Å². The molecule has 0 spiro atoms. The second-order valence-corrected chi connectivity index (χ2v) is 6.73. The molecule has 0 unspecified atom stereocenters. The minimum atomic E-state index is 0.430. The number of likely N-dealkylation sites (tertiary alicyclic amines) is 1. The fourth-order valence-corrected chi connectivity index (χ4v) is 3.77. The topological polar surface area (TPSA) is 34.0 Å². The Hall–Kier alpha value is -1.20. The predicted molar refractivity (Wildman–Crippen MR) is 82.0 cm³/mol. The minimum Gasteiger partial charge on any atom is -0.297 e. The quantitative estimate of drug-likeness (QED) is 0.866. The molecular formula is C15H22N4S. The van der Waals surface area contributed by atoms with Gasteiger partial charge in [0, 0.05) is 42.8 Å². The van der Waals surface area contributed by atoms with Crippen molar-refractivity contribution in [3.63, 3.8) is 0 Å². The molecule has 0 aromatic carbocycles. The summed E-state index contributed by atoms with van der Waals surface area (Å²) in [6, 6.07) is 2.58. The second-order valence-electron chi connectivity index (χ2n) is 5.81. The van der Waals surface area contributed by atoms with Crippen LogP contribution in [0.1, 0.15) is 49.4 Å². The largest absolute Gasteiger partial charge is 0.297 e. The predicted octanol–water partition coefficient (Wildman–Crippen LogP) is 3.30. The fraction of sp³-hybridized carbons (Fsp3) is 0.600. The third-order valence-corrected chi connectivity index (χ3v) is 4.87. The van der Waals surface area contributed by atoms with Crippen molar-refractivity contribution in [3.8, 4) is 0 Å². The van der Waals surface area contributed by atoms with E-state index in [-0.39, 0.29) is 0 Å². The summed E-state index contributed by atoms with van der Waals surface area (Å²) >= 11 is 1.79. The molecule has 0 amide bonds. The zero-order valence-electron chi connectivity index (χ0n) is 12.2. The maximum Gasteiger partial charge on any atom is 0.0968 e. The second kappa shape index (κ2) is 6.06. The highest BCUT2D eigenvalue weighted by Gasteiger charge is 2.23. The van der Waals surface area contributed by atoms with Gasteiger partial charge in [-0.3, -0.25) is 9.58 Å². The molecule has 1 fully saturated rings. The van der Waals surface area contributed by atoms with Gasteiger partial charge >= 0.3 is 0 Å². The molecule has 0 bridgehead atoms. The number of hydrogen-bond acceptors (Lipinski definition) is 4. The van der Waals surface area contributed by atoms with E-state index in [1.165, 1.54) is 30.1 Å². The lowest BCUT2D eigenvalue weighted by atomic mass is 9.98. The molecule has 5 heteroatoms. The summed E-state index contributed by atoms with van der Waals surface area (Å²) in [4.78, 5) is 7.04. The summed E-state index contributed by atoms with van der Waals surface area (Å²) in [5.41, 5.74) is 1.32. The van der Waals surface area contributed by atoms with E-state index in [1.54, 1.807) is 11.3 Å². The minimum absolute atomic E-state index is 0.430. The summed E-state index contributed by atoms with van der Waals surface area (Å²) in [5.74, 6) is 0.610. The molecule has 20 heavy (non-hydrogen) atoms. The van der Waals surface area contributed by atoms with Crippen molar-refractivity contribution in [1.29, 1.82) is 0 Å². The van der Waals surface area contributed by atoms with E-state index in [0.29, 0.717) is 12.0 Å². The number of piperidine rings is 1. The van der Waals surface area contributed by atoms with Crippen molar-refractivity contribution in [2.24, 2.45) is 0 Å². The molecule has 0 aliphatic carbocycles. The van der Waals surface area contributed by atoms with E-state index in [1.807, 2.05) is 12.4 Å². The zero-order chi connectivity index (χ0) is 13.9. The monoisotopic (exact) mass is 290 g/mol. The Kier molecular flexibility index (Phi) is 4.17. The van der Waals surface area contributed by atoms with Crippen LogP contribution in [0, 0.1) is 0 Å². The first kappa shape index (κ1) is 13.8. The van der Waals surface area contributed by atoms with Gasteiger partial charge in [-0.15, -0.1) is 11.3 Å². The van der Waals surface area contributed by atoms with Crippen LogP contribution in [-0.4, -0.2) is 32.8 Å². The third kappa shape index (κ3) is 2.94. The fourth-order valence-electron chi connectivity index (χ4n) is 3.00. The highest BCUT2D eigenvalue weighted by Crippen LogP contribution is 2.29. The molecule has 1 saturated heterocycles. The van der Waals surface area contributed by atoms with Crippen LogP contribution in [0.5, 0.6) is 0 Å². The Morgan fingerprint density at radius 3 is 3.05 bits per heavy atom. The van der Waals surface area contributed by atoms with Gasteiger partial charge in [0.15, 0.2) is 0 Å². The van der Waals surface area contributed by atoms with Gasteiger partial charge in [0.05, 0.1) is 10.7 Å². The lowest BCUT2D eigenvalue weighted by molar-refractivity contribution is 0.193. The molecule has 2 aromatic rings. The lowest BCUT2D eigenvalue weighted by Crippen LogP contribution is -2.34. The van der Waals surface area contributed by atoms with Crippen LogP contribution in [-0.2, 0) is 6.54 Å². The van der Waals surface area contributed by atoms with Crippen LogP contribution in [0.3, 0.4) is 0 Å². The Bertz CT molecular complexity index is 532. The number of aromatic nitrogens is 3. The molecule has 1 aliphatic heterocycles. The van der Waals surface area contributed by atoms with E-state index in [0.717, 1.165) is 13.1 Å². The van der Waals surface area contributed by atoms with Gasteiger partial charge in [-0.1, -0.05) is 0 Å². The first-order chi connectivity index (χ1) is 9.74. The molecule has 2 aromatic heterocycles. The van der Waals surface area contributed by atoms with E-state index in [2.05, 4.69) is 45.0 Å². The molecule has 1 atom stereocenters. The summed E-state index contributed by atoms with van der Waals surface area (Å²) in [6.45, 7) is 7.68. The van der Waals surface area contributed by atoms with E-state index in [4.69, 9.17) is 0 Å². The average Bonchev–Trinajstić information content (AvgIpc) is 3.10. The van der Waals surface area contributed by atoms with E-state index < -0.39 is 0 Å². The zero-order valence-corrected chi connectivity index (χ0v) is 13.0. The van der Waals surface area contributed by atoms with Crippen LogP contribution in [0.2, 0.25) is 0 Å². The third-order valence-electron chi connectivity index (χ3n) is 3.93. The molecular weight excluding hydrogens is 268 g/mol. The molecule has 0 saturated carbocycles. The molecule has 3 heterocycles. The number of hydrogen-bond donors (Lipinski definition) is 0. The SMILES string of the molecule is CC(C)n1nccc1CN1CCC[C@@H](c2nccs2)C1. The Labute approximate surface area is 124 Å². The normalized spacial score (nSPS) is 20.6.